The van der Waals surface area contributed by atoms with Gasteiger partial charge in [-0.2, -0.15) is 0 Å². The molecule has 0 spiro atoms. The average Bonchev–Trinajstić information content (AvgIpc) is 2.39. The number of benzene rings is 2. The Bertz CT molecular complexity index is 774. The Morgan fingerprint density at radius 2 is 1.95 bits per heavy atom. The van der Waals surface area contributed by atoms with Crippen LogP contribution < -0.4 is 5.73 Å². The summed E-state index contributed by atoms with van der Waals surface area (Å²) in [6.45, 7) is 0. The van der Waals surface area contributed by atoms with E-state index in [-0.39, 0.29) is 5.75 Å². The largest absolute Gasteiger partial charge is 0.508 e. The van der Waals surface area contributed by atoms with Crippen molar-refractivity contribution in [1.29, 1.82) is 0 Å². The highest BCUT2D eigenvalue weighted by Crippen LogP contribution is 2.33. The van der Waals surface area contributed by atoms with E-state index < -0.39 is 0 Å². The van der Waals surface area contributed by atoms with Crippen LogP contribution in [0.3, 0.4) is 0 Å². The number of aromatic hydroxyl groups is 1. The van der Waals surface area contributed by atoms with E-state index in [0.717, 1.165) is 11.1 Å². The summed E-state index contributed by atoms with van der Waals surface area (Å²) in [5.74, 6) is 0.452. The number of nitrogen functional groups attached to an aromatic ring is 1. The Morgan fingerprint density at radius 3 is 2.74 bits per heavy atom. The molecule has 1 heterocycles. The summed E-state index contributed by atoms with van der Waals surface area (Å²) < 4.78 is 0. The minimum Gasteiger partial charge on any atom is -0.508 e. The second kappa shape index (κ2) is 4.40. The van der Waals surface area contributed by atoms with E-state index in [9.17, 15) is 5.11 Å². The van der Waals surface area contributed by atoms with Gasteiger partial charge in [-0.3, -0.25) is 0 Å². The second-order valence-electron chi connectivity index (χ2n) is 4.16. The highest BCUT2D eigenvalue weighted by Gasteiger charge is 2.10. The molecule has 0 bridgehead atoms. The van der Waals surface area contributed by atoms with E-state index in [1.54, 1.807) is 18.2 Å². The van der Waals surface area contributed by atoms with Gasteiger partial charge >= 0.3 is 0 Å². The average molecular weight is 272 g/mol. The van der Waals surface area contributed by atoms with Crippen molar-refractivity contribution in [3.8, 4) is 16.9 Å². The maximum absolute atomic E-state index is 9.82. The van der Waals surface area contributed by atoms with Crippen LogP contribution >= 0.6 is 11.6 Å². The number of anilines is 1. The second-order valence-corrected chi connectivity index (χ2v) is 4.60. The molecule has 0 aliphatic carbocycles. The van der Waals surface area contributed by atoms with Crippen molar-refractivity contribution in [3.05, 3.63) is 47.7 Å². The molecule has 5 heteroatoms. The molecule has 0 radical (unpaired) electrons. The Hall–Kier alpha value is -2.33. The number of phenols is 1. The molecule has 0 saturated carbocycles. The molecule has 0 atom stereocenters. The molecular formula is C14H10ClN3O. The van der Waals surface area contributed by atoms with E-state index in [2.05, 4.69) is 9.97 Å². The fourth-order valence-corrected chi connectivity index (χ4v) is 2.24. The van der Waals surface area contributed by atoms with E-state index >= 15 is 0 Å². The summed E-state index contributed by atoms with van der Waals surface area (Å²) in [7, 11) is 0. The number of nitrogens with zero attached hydrogens (tertiary/aromatic N) is 2. The van der Waals surface area contributed by atoms with E-state index in [1.807, 2.05) is 18.2 Å². The maximum atomic E-state index is 9.82. The smallest absolute Gasteiger partial charge is 0.134 e. The first-order chi connectivity index (χ1) is 9.15. The molecule has 2 aromatic carbocycles. The number of hydrogen-bond donors (Lipinski definition) is 2. The predicted molar refractivity (Wildman–Crippen MR) is 76.1 cm³/mol. The summed E-state index contributed by atoms with van der Waals surface area (Å²) in [4.78, 5) is 8.17. The molecule has 1 aromatic heterocycles. The molecule has 3 N–H and O–H groups in total. The lowest BCUT2D eigenvalue weighted by Crippen LogP contribution is -1.94. The fourth-order valence-electron chi connectivity index (χ4n) is 2.05. The van der Waals surface area contributed by atoms with Crippen molar-refractivity contribution < 1.29 is 5.11 Å². The zero-order chi connectivity index (χ0) is 13.4. The van der Waals surface area contributed by atoms with Gasteiger partial charge in [0.1, 0.15) is 17.9 Å². The molecule has 0 fully saturated rings. The summed E-state index contributed by atoms with van der Waals surface area (Å²) in [5, 5.41) is 11.1. The lowest BCUT2D eigenvalue weighted by molar-refractivity contribution is 0.476. The molecule has 0 aliphatic rings. The van der Waals surface area contributed by atoms with Crippen LogP contribution in [0.1, 0.15) is 0 Å². The summed E-state index contributed by atoms with van der Waals surface area (Å²) in [6.07, 6.45) is 1.41. The van der Waals surface area contributed by atoms with Crippen LogP contribution in [0.5, 0.6) is 5.75 Å². The number of rotatable bonds is 1. The SMILES string of the molecule is Nc1ncnc2c(-c3cccc(Cl)c3)cc(O)cc12. The highest BCUT2D eigenvalue weighted by molar-refractivity contribution is 6.30. The number of nitrogens with two attached hydrogens (primary N) is 1. The van der Waals surface area contributed by atoms with Crippen LogP contribution in [0.4, 0.5) is 5.82 Å². The zero-order valence-corrected chi connectivity index (χ0v) is 10.6. The molecule has 94 valence electrons. The summed E-state index contributed by atoms with van der Waals surface area (Å²) >= 11 is 6.00. The number of aromatic nitrogens is 2. The quantitative estimate of drug-likeness (QED) is 0.713. The number of halogens is 1. The van der Waals surface area contributed by atoms with Crippen molar-refractivity contribution in [2.24, 2.45) is 0 Å². The highest BCUT2D eigenvalue weighted by atomic mass is 35.5. The number of phenolic OH excluding ortho intramolecular Hbond substituents is 1. The zero-order valence-electron chi connectivity index (χ0n) is 9.84. The molecule has 0 saturated heterocycles. The van der Waals surface area contributed by atoms with Gasteiger partial charge in [-0.15, -0.1) is 0 Å². The van der Waals surface area contributed by atoms with Crippen LogP contribution in [0.2, 0.25) is 5.02 Å². The number of fused-ring (bicyclic) bond motifs is 1. The van der Waals surface area contributed by atoms with Crippen molar-refractivity contribution >= 4 is 28.3 Å². The molecule has 19 heavy (non-hydrogen) atoms. The summed E-state index contributed by atoms with van der Waals surface area (Å²) in [6, 6.07) is 10.5. The van der Waals surface area contributed by atoms with Crippen LogP contribution in [0.25, 0.3) is 22.0 Å². The van der Waals surface area contributed by atoms with Crippen LogP contribution in [0.15, 0.2) is 42.7 Å². The normalized spacial score (nSPS) is 10.8. The van der Waals surface area contributed by atoms with Gasteiger partial charge in [-0.05, 0) is 29.8 Å². The first kappa shape index (κ1) is 11.7. The van der Waals surface area contributed by atoms with Crippen molar-refractivity contribution in [2.45, 2.75) is 0 Å². The maximum Gasteiger partial charge on any atom is 0.134 e. The van der Waals surface area contributed by atoms with Gasteiger partial charge in [-0.25, -0.2) is 9.97 Å². The topological polar surface area (TPSA) is 72.0 Å². The van der Waals surface area contributed by atoms with Crippen molar-refractivity contribution in [2.75, 3.05) is 5.73 Å². The van der Waals surface area contributed by atoms with Gasteiger partial charge in [0.05, 0.1) is 5.52 Å². The van der Waals surface area contributed by atoms with E-state index in [1.165, 1.54) is 6.33 Å². The molecule has 3 aromatic rings. The van der Waals surface area contributed by atoms with Gasteiger partial charge in [0.15, 0.2) is 0 Å². The van der Waals surface area contributed by atoms with Gasteiger partial charge < -0.3 is 10.8 Å². The lowest BCUT2D eigenvalue weighted by Gasteiger charge is -2.08. The van der Waals surface area contributed by atoms with Gasteiger partial charge in [0.2, 0.25) is 0 Å². The lowest BCUT2D eigenvalue weighted by atomic mass is 10.0. The third-order valence-corrected chi connectivity index (χ3v) is 3.13. The van der Waals surface area contributed by atoms with E-state index in [0.29, 0.717) is 21.7 Å². The Balaban J connectivity index is 2.38. The fraction of sp³-hybridized carbons (Fsp3) is 0. The first-order valence-electron chi connectivity index (χ1n) is 5.64. The van der Waals surface area contributed by atoms with Gasteiger partial charge in [0, 0.05) is 16.0 Å². The van der Waals surface area contributed by atoms with Crippen molar-refractivity contribution in [1.82, 2.24) is 9.97 Å². The summed E-state index contributed by atoms with van der Waals surface area (Å²) in [5.41, 5.74) is 8.14. The number of hydrogen-bond acceptors (Lipinski definition) is 4. The third kappa shape index (κ3) is 2.06. The molecule has 0 unspecified atom stereocenters. The Morgan fingerprint density at radius 1 is 1.11 bits per heavy atom. The van der Waals surface area contributed by atoms with Gasteiger partial charge in [-0.1, -0.05) is 23.7 Å². The Kier molecular flexibility index (Phi) is 2.72. The monoisotopic (exact) mass is 271 g/mol. The van der Waals surface area contributed by atoms with E-state index in [4.69, 9.17) is 17.3 Å². The molecule has 0 aliphatic heterocycles. The minimum atomic E-state index is 0.115. The predicted octanol–water partition coefficient (Wildman–Crippen LogP) is 3.24. The van der Waals surface area contributed by atoms with Crippen LogP contribution in [-0.2, 0) is 0 Å². The molecular weight excluding hydrogens is 262 g/mol. The minimum absolute atomic E-state index is 0.115. The van der Waals surface area contributed by atoms with Gasteiger partial charge in [0.25, 0.3) is 0 Å². The molecule has 4 nitrogen and oxygen atoms in total. The Labute approximate surface area is 114 Å². The molecule has 3 rings (SSSR count). The van der Waals surface area contributed by atoms with Crippen LogP contribution in [-0.4, -0.2) is 15.1 Å². The van der Waals surface area contributed by atoms with Crippen molar-refractivity contribution in [3.63, 3.8) is 0 Å². The molecule has 0 amide bonds. The third-order valence-electron chi connectivity index (χ3n) is 2.89. The first-order valence-corrected chi connectivity index (χ1v) is 6.02. The van der Waals surface area contributed by atoms with Crippen LogP contribution in [0, 0.1) is 0 Å². The standard InChI is InChI=1S/C14H10ClN3O/c15-9-3-1-2-8(4-9)11-5-10(19)6-12-13(11)17-7-18-14(12)16/h1-7,19H,(H2,16,17,18).